The van der Waals surface area contributed by atoms with Gasteiger partial charge in [0.15, 0.2) is 0 Å². The van der Waals surface area contributed by atoms with E-state index >= 15 is 0 Å². The van der Waals surface area contributed by atoms with Gasteiger partial charge in [-0.1, -0.05) is 15.9 Å². The first-order valence-electron chi connectivity index (χ1n) is 5.17. The molecule has 1 aromatic rings. The third kappa shape index (κ3) is 5.35. The summed E-state index contributed by atoms with van der Waals surface area (Å²) in [7, 11) is 0. The van der Waals surface area contributed by atoms with Gasteiger partial charge in [-0.25, -0.2) is 9.59 Å². The molecular formula is C12H11BrN2O4. The Morgan fingerprint density at radius 1 is 1.26 bits per heavy atom. The molecule has 0 saturated carbocycles. The van der Waals surface area contributed by atoms with E-state index in [1.807, 2.05) is 12.2 Å². The van der Waals surface area contributed by atoms with Crippen LogP contribution in [0.1, 0.15) is 5.56 Å². The van der Waals surface area contributed by atoms with Crippen molar-refractivity contribution in [3.8, 4) is 0 Å². The molecule has 0 heterocycles. The zero-order valence-corrected chi connectivity index (χ0v) is 11.5. The van der Waals surface area contributed by atoms with Gasteiger partial charge >= 0.3 is 12.0 Å². The molecule has 0 fully saturated rings. The van der Waals surface area contributed by atoms with Crippen molar-refractivity contribution in [3.05, 3.63) is 40.4 Å². The van der Waals surface area contributed by atoms with Crippen LogP contribution in [0, 0.1) is 6.92 Å². The number of aryl methyl sites for hydroxylation is 1. The van der Waals surface area contributed by atoms with Gasteiger partial charge in [0.25, 0.3) is 5.91 Å². The lowest BCUT2D eigenvalue weighted by Gasteiger charge is -2.06. The Kier molecular flexibility index (Phi) is 5.25. The largest absolute Gasteiger partial charge is 0.478 e. The Labute approximate surface area is 117 Å². The van der Waals surface area contributed by atoms with E-state index in [0.717, 1.165) is 16.1 Å². The zero-order chi connectivity index (χ0) is 14.4. The van der Waals surface area contributed by atoms with Crippen LogP contribution in [0.25, 0.3) is 0 Å². The van der Waals surface area contributed by atoms with Gasteiger partial charge in [-0.3, -0.25) is 10.1 Å². The van der Waals surface area contributed by atoms with Crippen molar-refractivity contribution in [3.63, 3.8) is 0 Å². The number of hydrogen-bond acceptors (Lipinski definition) is 3. The van der Waals surface area contributed by atoms with Crippen molar-refractivity contribution >= 4 is 39.5 Å². The fraction of sp³-hybridized carbons (Fsp3) is 0.0833. The second-order valence-electron chi connectivity index (χ2n) is 3.58. The molecule has 3 N–H and O–H groups in total. The zero-order valence-electron chi connectivity index (χ0n) is 9.94. The maximum absolute atomic E-state index is 11.4. The highest BCUT2D eigenvalue weighted by atomic mass is 79.9. The van der Waals surface area contributed by atoms with Gasteiger partial charge in [0.05, 0.1) is 0 Å². The number of amides is 3. The summed E-state index contributed by atoms with van der Waals surface area (Å²) in [5.74, 6) is -2.08. The van der Waals surface area contributed by atoms with E-state index in [9.17, 15) is 14.4 Å². The molecule has 7 heteroatoms. The summed E-state index contributed by atoms with van der Waals surface area (Å²) < 4.78 is 0.902. The number of hydrogen-bond donors (Lipinski definition) is 3. The van der Waals surface area contributed by atoms with Crippen LogP contribution >= 0.6 is 15.9 Å². The number of urea groups is 1. The number of carbonyl (C=O) groups is 3. The number of nitrogens with one attached hydrogen (secondary N) is 2. The van der Waals surface area contributed by atoms with E-state index in [-0.39, 0.29) is 0 Å². The van der Waals surface area contributed by atoms with Crippen LogP contribution in [0.3, 0.4) is 0 Å². The molecule has 3 amide bonds. The van der Waals surface area contributed by atoms with Crippen molar-refractivity contribution in [1.82, 2.24) is 5.32 Å². The molecule has 0 atom stereocenters. The van der Waals surface area contributed by atoms with E-state index in [2.05, 4.69) is 21.2 Å². The van der Waals surface area contributed by atoms with Gasteiger partial charge in [-0.15, -0.1) is 0 Å². The number of aliphatic carboxylic acids is 1. The Morgan fingerprint density at radius 2 is 1.95 bits per heavy atom. The SMILES string of the molecule is Cc1cc(NC(=O)NC(=O)/C=C/C(=O)O)ccc1Br. The second-order valence-corrected chi connectivity index (χ2v) is 4.43. The number of carbonyl (C=O) groups excluding carboxylic acids is 2. The first-order valence-corrected chi connectivity index (χ1v) is 5.97. The molecular weight excluding hydrogens is 316 g/mol. The molecule has 19 heavy (non-hydrogen) atoms. The minimum absolute atomic E-state index is 0.521. The van der Waals surface area contributed by atoms with Gasteiger partial charge in [-0.05, 0) is 30.7 Å². The van der Waals surface area contributed by atoms with Gasteiger partial charge in [0.2, 0.25) is 0 Å². The van der Waals surface area contributed by atoms with Crippen LogP contribution in [-0.4, -0.2) is 23.0 Å². The smallest absolute Gasteiger partial charge is 0.328 e. The lowest BCUT2D eigenvalue weighted by atomic mass is 10.2. The molecule has 0 unspecified atom stereocenters. The number of anilines is 1. The van der Waals surface area contributed by atoms with Gasteiger partial charge in [-0.2, -0.15) is 0 Å². The van der Waals surface area contributed by atoms with Crippen molar-refractivity contribution in [2.75, 3.05) is 5.32 Å². The third-order valence-corrected chi connectivity index (χ3v) is 2.92. The first-order chi connectivity index (χ1) is 8.88. The Morgan fingerprint density at radius 3 is 2.53 bits per heavy atom. The molecule has 0 saturated heterocycles. The Hall–Kier alpha value is -2.15. The third-order valence-electron chi connectivity index (χ3n) is 2.03. The maximum Gasteiger partial charge on any atom is 0.328 e. The Bertz CT molecular complexity index is 555. The number of benzene rings is 1. The molecule has 0 radical (unpaired) electrons. The van der Waals surface area contributed by atoms with Gasteiger partial charge in [0, 0.05) is 22.3 Å². The quantitative estimate of drug-likeness (QED) is 0.741. The average molecular weight is 327 g/mol. The first kappa shape index (κ1) is 14.9. The maximum atomic E-state index is 11.4. The molecule has 0 aliphatic heterocycles. The molecule has 1 rings (SSSR count). The van der Waals surface area contributed by atoms with Crippen LogP contribution in [0.2, 0.25) is 0 Å². The fourth-order valence-electron chi connectivity index (χ4n) is 1.19. The predicted octanol–water partition coefficient (Wildman–Crippen LogP) is 2.05. The van der Waals surface area contributed by atoms with Crippen LogP contribution in [0.15, 0.2) is 34.8 Å². The average Bonchev–Trinajstić information content (AvgIpc) is 2.31. The topological polar surface area (TPSA) is 95.5 Å². The molecule has 6 nitrogen and oxygen atoms in total. The van der Waals surface area contributed by atoms with Gasteiger partial charge < -0.3 is 10.4 Å². The van der Waals surface area contributed by atoms with Crippen LogP contribution in [0.5, 0.6) is 0 Å². The van der Waals surface area contributed by atoms with Crippen LogP contribution < -0.4 is 10.6 Å². The summed E-state index contributed by atoms with van der Waals surface area (Å²) in [4.78, 5) is 32.7. The fourth-order valence-corrected chi connectivity index (χ4v) is 1.43. The molecule has 100 valence electrons. The monoisotopic (exact) mass is 326 g/mol. The minimum Gasteiger partial charge on any atom is -0.478 e. The highest BCUT2D eigenvalue weighted by Gasteiger charge is 2.06. The molecule has 0 aliphatic rings. The predicted molar refractivity (Wildman–Crippen MR) is 72.8 cm³/mol. The van der Waals surface area contributed by atoms with Crippen molar-refractivity contribution in [1.29, 1.82) is 0 Å². The van der Waals surface area contributed by atoms with Crippen molar-refractivity contribution in [2.24, 2.45) is 0 Å². The van der Waals surface area contributed by atoms with Crippen LogP contribution in [0.4, 0.5) is 10.5 Å². The van der Waals surface area contributed by atoms with Crippen molar-refractivity contribution < 1.29 is 19.5 Å². The summed E-state index contributed by atoms with van der Waals surface area (Å²) in [5, 5.41) is 12.7. The number of rotatable bonds is 3. The molecule has 1 aromatic carbocycles. The minimum atomic E-state index is -1.26. The number of carboxylic acids is 1. The second kappa shape index (κ2) is 6.69. The van der Waals surface area contributed by atoms with E-state index < -0.39 is 17.9 Å². The highest BCUT2D eigenvalue weighted by Crippen LogP contribution is 2.19. The standard InChI is InChI=1S/C12H11BrN2O4/c1-7-6-8(2-3-9(7)13)14-12(19)15-10(16)4-5-11(17)18/h2-6H,1H3,(H,17,18)(H2,14,15,16,19)/b5-4+. The Balaban J connectivity index is 2.58. The summed E-state index contributed by atoms with van der Waals surface area (Å²) in [6.07, 6.45) is 1.40. The summed E-state index contributed by atoms with van der Waals surface area (Å²) in [6.45, 7) is 1.86. The lowest BCUT2D eigenvalue weighted by Crippen LogP contribution is -2.33. The number of imide groups is 1. The summed E-state index contributed by atoms with van der Waals surface area (Å²) >= 11 is 3.32. The normalized spacial score (nSPS) is 10.2. The number of halogens is 1. The molecule has 0 aliphatic carbocycles. The van der Waals surface area contributed by atoms with Crippen LogP contribution in [-0.2, 0) is 9.59 Å². The molecule has 0 bridgehead atoms. The van der Waals surface area contributed by atoms with E-state index in [1.165, 1.54) is 0 Å². The van der Waals surface area contributed by atoms with E-state index in [1.54, 1.807) is 18.2 Å². The van der Waals surface area contributed by atoms with Crippen molar-refractivity contribution in [2.45, 2.75) is 6.92 Å². The molecule has 0 aromatic heterocycles. The lowest BCUT2D eigenvalue weighted by molar-refractivity contribution is -0.131. The van der Waals surface area contributed by atoms with E-state index in [4.69, 9.17) is 5.11 Å². The van der Waals surface area contributed by atoms with E-state index in [0.29, 0.717) is 11.8 Å². The highest BCUT2D eigenvalue weighted by molar-refractivity contribution is 9.10. The van der Waals surface area contributed by atoms with Gasteiger partial charge in [0.1, 0.15) is 0 Å². The summed E-state index contributed by atoms with van der Waals surface area (Å²) in [5.41, 5.74) is 1.45. The summed E-state index contributed by atoms with van der Waals surface area (Å²) in [6, 6.07) is 4.41. The molecule has 0 spiro atoms. The number of carboxylic acid groups (broad SMARTS) is 1.